The lowest BCUT2D eigenvalue weighted by atomic mass is 10.0. The molecule has 2 aromatic heterocycles. The Bertz CT molecular complexity index is 1700. The second kappa shape index (κ2) is 8.40. The van der Waals surface area contributed by atoms with Gasteiger partial charge in [0, 0.05) is 39.8 Å². The van der Waals surface area contributed by atoms with Gasteiger partial charge in [-0.1, -0.05) is 42.5 Å². The van der Waals surface area contributed by atoms with Gasteiger partial charge in [-0.05, 0) is 61.2 Å². The minimum Gasteiger partial charge on any atom is -0.497 e. The molecule has 0 bridgehead atoms. The Kier molecular flexibility index (Phi) is 5.39. The first-order chi connectivity index (χ1) is 16.6. The van der Waals surface area contributed by atoms with Crippen LogP contribution in [0.5, 0.6) is 5.75 Å². The van der Waals surface area contributed by atoms with Crippen LogP contribution in [0, 0.1) is 13.8 Å². The summed E-state index contributed by atoms with van der Waals surface area (Å²) in [4.78, 5) is 0. The summed E-state index contributed by atoms with van der Waals surface area (Å²) in [5, 5.41) is 12.5. The predicted octanol–water partition coefficient (Wildman–Crippen LogP) is 8.03. The molecule has 1 N–H and O–H groups in total. The fourth-order valence-corrected chi connectivity index (χ4v) is 4.71. The lowest BCUT2D eigenvalue weighted by molar-refractivity contribution is 0.399. The van der Waals surface area contributed by atoms with E-state index >= 15 is 0 Å². The molecule has 0 saturated carbocycles. The van der Waals surface area contributed by atoms with E-state index in [0.717, 1.165) is 73.6 Å². The molecule has 0 unspecified atom stereocenters. The summed E-state index contributed by atoms with van der Waals surface area (Å²) >= 11 is 0. The predicted molar refractivity (Wildman–Crippen MR) is 141 cm³/mol. The van der Waals surface area contributed by atoms with Crippen molar-refractivity contribution in [2.45, 2.75) is 13.8 Å². The minimum absolute atomic E-state index is 0.813. The fraction of sp³-hybridized carbons (Fsp3) is 0.133. The molecule has 6 aromatic rings. The van der Waals surface area contributed by atoms with Crippen LogP contribution in [0.2, 0.25) is 0 Å². The third-order valence-electron chi connectivity index (χ3n) is 6.34. The highest BCUT2D eigenvalue weighted by atomic mass is 16.5. The van der Waals surface area contributed by atoms with Gasteiger partial charge < -0.3 is 18.7 Å². The van der Waals surface area contributed by atoms with Gasteiger partial charge in [0.15, 0.2) is 0 Å². The maximum Gasteiger partial charge on any atom is 0.143 e. The van der Waals surface area contributed by atoms with Crippen LogP contribution in [0.3, 0.4) is 0 Å². The van der Waals surface area contributed by atoms with E-state index in [1.54, 1.807) is 7.11 Å². The average Bonchev–Trinajstić information content (AvgIpc) is 3.40. The molecule has 0 aliphatic heterocycles. The lowest BCUT2D eigenvalue weighted by Crippen LogP contribution is -1.87. The molecule has 4 aromatic carbocycles. The molecule has 0 fully saturated rings. The van der Waals surface area contributed by atoms with Crippen LogP contribution in [0.4, 0.5) is 0 Å². The zero-order valence-electron chi connectivity index (χ0n) is 19.7. The number of aliphatic hydroxyl groups is 1. The molecule has 0 saturated heterocycles. The van der Waals surface area contributed by atoms with Gasteiger partial charge in [0.2, 0.25) is 0 Å². The molecular formula is C30H26O4. The third-order valence-corrected chi connectivity index (χ3v) is 6.34. The number of ether oxygens (including phenoxy) is 1. The summed E-state index contributed by atoms with van der Waals surface area (Å²) in [6.45, 7) is 8.23. The Morgan fingerprint density at radius 1 is 0.794 bits per heavy atom. The van der Waals surface area contributed by atoms with Gasteiger partial charge in [-0.25, -0.2) is 0 Å². The summed E-state index contributed by atoms with van der Waals surface area (Å²) < 4.78 is 18.2. The molecule has 170 valence electrons. The summed E-state index contributed by atoms with van der Waals surface area (Å²) in [5.74, 6) is 1.64. The molecule has 4 heteroatoms. The van der Waals surface area contributed by atoms with E-state index < -0.39 is 0 Å². The SMILES string of the molecule is C=Cc1c(-c2ccc(OC)cc2C)oc2cc3c(cc12)oc1c2ccc(C)cc2ccc31.CO. The Morgan fingerprint density at radius 2 is 1.53 bits per heavy atom. The van der Waals surface area contributed by atoms with Crippen LogP contribution in [-0.2, 0) is 0 Å². The number of methoxy groups -OCH3 is 1. The Labute approximate surface area is 197 Å². The second-order valence-electron chi connectivity index (χ2n) is 8.34. The van der Waals surface area contributed by atoms with Crippen molar-refractivity contribution >= 4 is 49.8 Å². The van der Waals surface area contributed by atoms with Crippen LogP contribution in [0.15, 0.2) is 76.1 Å². The maximum atomic E-state index is 7.00. The quantitative estimate of drug-likeness (QED) is 0.296. The number of aliphatic hydroxyl groups excluding tert-OH is 1. The summed E-state index contributed by atoms with van der Waals surface area (Å²) in [6.07, 6.45) is 1.86. The van der Waals surface area contributed by atoms with Crippen molar-refractivity contribution in [1.29, 1.82) is 0 Å². The Balaban J connectivity index is 0.00000117. The standard InChI is InChI=1S/C29H22O3.CH4O/c1-5-20-24-14-27-25(23-10-7-18-12-16(2)6-9-22(18)29(23)32-27)15-26(24)31-28(20)21-11-8-19(30-4)13-17(21)3;1-2/h5-15H,1H2,2-4H3;2H,1H3. The molecule has 2 heterocycles. The summed E-state index contributed by atoms with van der Waals surface area (Å²) in [5.41, 5.74) is 6.91. The maximum absolute atomic E-state index is 7.00. The number of fused-ring (bicyclic) bond motifs is 6. The van der Waals surface area contributed by atoms with Crippen molar-refractivity contribution in [3.05, 3.63) is 83.9 Å². The Hall–Kier alpha value is -4.02. The number of hydrogen-bond acceptors (Lipinski definition) is 4. The molecule has 0 amide bonds. The van der Waals surface area contributed by atoms with Gasteiger partial charge >= 0.3 is 0 Å². The van der Waals surface area contributed by atoms with Gasteiger partial charge in [0.1, 0.15) is 28.3 Å². The van der Waals surface area contributed by atoms with Crippen molar-refractivity contribution in [2.24, 2.45) is 0 Å². The highest BCUT2D eigenvalue weighted by Gasteiger charge is 2.19. The third kappa shape index (κ3) is 3.27. The van der Waals surface area contributed by atoms with Crippen LogP contribution in [-0.4, -0.2) is 19.3 Å². The van der Waals surface area contributed by atoms with Gasteiger partial charge in [-0.2, -0.15) is 0 Å². The largest absolute Gasteiger partial charge is 0.497 e. The van der Waals surface area contributed by atoms with Gasteiger partial charge in [0.05, 0.1) is 7.11 Å². The van der Waals surface area contributed by atoms with Crippen molar-refractivity contribution < 1.29 is 18.7 Å². The highest BCUT2D eigenvalue weighted by Crippen LogP contribution is 2.41. The molecule has 0 aliphatic rings. The zero-order valence-corrected chi connectivity index (χ0v) is 19.7. The van der Waals surface area contributed by atoms with E-state index in [1.165, 1.54) is 10.9 Å². The minimum atomic E-state index is 0.813. The van der Waals surface area contributed by atoms with Crippen LogP contribution < -0.4 is 4.74 Å². The number of furan rings is 2. The van der Waals surface area contributed by atoms with E-state index in [9.17, 15) is 0 Å². The van der Waals surface area contributed by atoms with Crippen molar-refractivity contribution in [3.63, 3.8) is 0 Å². The van der Waals surface area contributed by atoms with Gasteiger partial charge in [-0.3, -0.25) is 0 Å². The first-order valence-electron chi connectivity index (χ1n) is 11.1. The van der Waals surface area contributed by atoms with Gasteiger partial charge in [-0.15, -0.1) is 0 Å². The normalized spacial score (nSPS) is 11.2. The van der Waals surface area contributed by atoms with Crippen LogP contribution >= 0.6 is 0 Å². The van der Waals surface area contributed by atoms with E-state index in [1.807, 2.05) is 24.3 Å². The van der Waals surface area contributed by atoms with E-state index in [-0.39, 0.29) is 0 Å². The number of aryl methyl sites for hydroxylation is 2. The van der Waals surface area contributed by atoms with Crippen molar-refractivity contribution in [1.82, 2.24) is 0 Å². The molecular weight excluding hydrogens is 424 g/mol. The van der Waals surface area contributed by atoms with E-state index in [4.69, 9.17) is 18.7 Å². The van der Waals surface area contributed by atoms with Crippen molar-refractivity contribution in [3.8, 4) is 17.1 Å². The molecule has 0 aliphatic carbocycles. The van der Waals surface area contributed by atoms with Crippen molar-refractivity contribution in [2.75, 3.05) is 14.2 Å². The molecule has 6 rings (SSSR count). The average molecular weight is 451 g/mol. The van der Waals surface area contributed by atoms with E-state index in [2.05, 4.69) is 62.9 Å². The van der Waals surface area contributed by atoms with Crippen LogP contribution in [0.25, 0.3) is 61.1 Å². The summed E-state index contributed by atoms with van der Waals surface area (Å²) in [7, 11) is 2.68. The highest BCUT2D eigenvalue weighted by molar-refractivity contribution is 6.17. The molecule has 4 nitrogen and oxygen atoms in total. The second-order valence-corrected chi connectivity index (χ2v) is 8.34. The molecule has 0 spiro atoms. The molecule has 0 radical (unpaired) electrons. The molecule has 0 atom stereocenters. The smallest absolute Gasteiger partial charge is 0.143 e. The lowest BCUT2D eigenvalue weighted by Gasteiger charge is -2.06. The topological polar surface area (TPSA) is 55.7 Å². The first-order valence-corrected chi connectivity index (χ1v) is 11.1. The summed E-state index contributed by atoms with van der Waals surface area (Å²) in [6, 6.07) is 20.9. The van der Waals surface area contributed by atoms with Crippen LogP contribution in [0.1, 0.15) is 16.7 Å². The Morgan fingerprint density at radius 3 is 2.26 bits per heavy atom. The number of hydrogen-bond donors (Lipinski definition) is 1. The number of rotatable bonds is 3. The monoisotopic (exact) mass is 450 g/mol. The fourth-order valence-electron chi connectivity index (χ4n) is 4.71. The first kappa shape index (κ1) is 21.8. The zero-order chi connectivity index (χ0) is 24.0. The van der Waals surface area contributed by atoms with E-state index in [0.29, 0.717) is 0 Å². The number of benzene rings is 4. The van der Waals surface area contributed by atoms with Gasteiger partial charge in [0.25, 0.3) is 0 Å². The molecule has 34 heavy (non-hydrogen) atoms.